The lowest BCUT2D eigenvalue weighted by Crippen LogP contribution is -2.24. The first-order valence-electron chi connectivity index (χ1n) is 7.94. The average molecular weight is 342 g/mol. The molecule has 24 heavy (non-hydrogen) atoms. The molecule has 1 aliphatic rings. The average Bonchev–Trinajstić information content (AvgIpc) is 2.80. The fourth-order valence-electron chi connectivity index (χ4n) is 3.25. The smallest absolute Gasteiger partial charge is 0.266 e. The summed E-state index contributed by atoms with van der Waals surface area (Å²) in [6, 6.07) is 3.83. The van der Waals surface area contributed by atoms with Gasteiger partial charge in [0.05, 0.1) is 22.8 Å². The van der Waals surface area contributed by atoms with Gasteiger partial charge in [0, 0.05) is 17.8 Å². The Hall–Kier alpha value is -2.18. The van der Waals surface area contributed by atoms with Crippen molar-refractivity contribution in [1.29, 1.82) is 0 Å². The largest absolute Gasteiger partial charge is 0.491 e. The first-order chi connectivity index (χ1) is 11.5. The summed E-state index contributed by atoms with van der Waals surface area (Å²) >= 11 is 1.43. The molecule has 0 bridgehead atoms. The third-order valence-electron chi connectivity index (χ3n) is 4.28. The van der Waals surface area contributed by atoms with Gasteiger partial charge in [0.25, 0.3) is 5.56 Å². The Bertz CT molecular complexity index is 968. The van der Waals surface area contributed by atoms with Gasteiger partial charge in [0.15, 0.2) is 0 Å². The monoisotopic (exact) mass is 342 g/mol. The molecular weight excluding hydrogens is 324 g/mol. The maximum Gasteiger partial charge on any atom is 0.266 e. The molecule has 0 spiro atoms. The van der Waals surface area contributed by atoms with Crippen molar-refractivity contribution in [2.45, 2.75) is 32.3 Å². The van der Waals surface area contributed by atoms with Gasteiger partial charge in [-0.3, -0.25) is 9.78 Å². The van der Waals surface area contributed by atoms with Crippen LogP contribution < -0.4 is 10.3 Å². The first kappa shape index (κ1) is 15.4. The number of thiophene rings is 1. The summed E-state index contributed by atoms with van der Waals surface area (Å²) < 4.78 is 6.68. The van der Waals surface area contributed by atoms with Gasteiger partial charge in [-0.2, -0.15) is 0 Å². The molecule has 2 N–H and O–H groups in total. The highest BCUT2D eigenvalue weighted by Gasteiger charge is 2.29. The second-order valence-corrected chi connectivity index (χ2v) is 7.54. The minimum Gasteiger partial charge on any atom is -0.491 e. The summed E-state index contributed by atoms with van der Waals surface area (Å²) in [7, 11) is 0. The number of rotatable bonds is 2. The molecule has 0 amide bonds. The van der Waals surface area contributed by atoms with Crippen LogP contribution in [0, 0.1) is 0 Å². The van der Waals surface area contributed by atoms with E-state index in [1.54, 1.807) is 26.2 Å². The topological polar surface area (TPSA) is 75.2 Å². The van der Waals surface area contributed by atoms with E-state index in [0.29, 0.717) is 17.0 Å². The number of aliphatic hydroxyl groups is 1. The molecular formula is C18H18N2O3S. The van der Waals surface area contributed by atoms with Crippen molar-refractivity contribution in [1.82, 2.24) is 9.97 Å². The van der Waals surface area contributed by atoms with E-state index in [1.807, 2.05) is 12.1 Å². The summed E-state index contributed by atoms with van der Waals surface area (Å²) in [5.41, 5.74) is 1.27. The summed E-state index contributed by atoms with van der Waals surface area (Å²) in [5, 5.41) is 11.4. The molecule has 3 aromatic rings. The number of aromatic nitrogens is 2. The lowest BCUT2D eigenvalue weighted by Gasteiger charge is -2.21. The molecule has 0 unspecified atom stereocenters. The molecule has 124 valence electrons. The quantitative estimate of drug-likeness (QED) is 0.750. The van der Waals surface area contributed by atoms with E-state index < -0.39 is 5.60 Å². The maximum absolute atomic E-state index is 12.6. The third-order valence-corrected chi connectivity index (χ3v) is 5.50. The zero-order valence-corrected chi connectivity index (χ0v) is 14.4. The Balaban J connectivity index is 2.12. The molecule has 0 fully saturated rings. The van der Waals surface area contributed by atoms with E-state index in [2.05, 4.69) is 9.97 Å². The molecule has 3 aromatic heterocycles. The number of aryl methyl sites for hydroxylation is 1. The van der Waals surface area contributed by atoms with Gasteiger partial charge in [0.2, 0.25) is 0 Å². The van der Waals surface area contributed by atoms with Gasteiger partial charge in [-0.25, -0.2) is 0 Å². The molecule has 0 aliphatic carbocycles. The van der Waals surface area contributed by atoms with Crippen molar-refractivity contribution in [2.24, 2.45) is 0 Å². The van der Waals surface area contributed by atoms with E-state index in [9.17, 15) is 9.90 Å². The van der Waals surface area contributed by atoms with Crippen molar-refractivity contribution >= 4 is 21.4 Å². The molecule has 4 rings (SSSR count). The van der Waals surface area contributed by atoms with Crippen LogP contribution in [-0.4, -0.2) is 21.7 Å². The number of hydrogen-bond donors (Lipinski definition) is 2. The standard InChI is InChI=1S/C18H18N2O3S/c1-18(2,22)16-11-4-3-9-23-13-12(11)15(17(21)20-16)24-14(13)10-5-7-19-8-6-10/h5-8,22H,3-4,9H2,1-2H3,(H,20,21). The number of hydrogen-bond acceptors (Lipinski definition) is 5. The van der Waals surface area contributed by atoms with Crippen LogP contribution in [0.5, 0.6) is 5.75 Å². The highest BCUT2D eigenvalue weighted by atomic mass is 32.1. The van der Waals surface area contributed by atoms with E-state index in [0.717, 1.165) is 40.0 Å². The summed E-state index contributed by atoms with van der Waals surface area (Å²) in [6.07, 6.45) is 5.08. The van der Waals surface area contributed by atoms with Crippen LogP contribution in [0.3, 0.4) is 0 Å². The Morgan fingerprint density at radius 1 is 1.33 bits per heavy atom. The lowest BCUT2D eigenvalue weighted by atomic mass is 9.94. The molecule has 0 atom stereocenters. The lowest BCUT2D eigenvalue weighted by molar-refractivity contribution is 0.0728. The molecule has 1 aliphatic heterocycles. The van der Waals surface area contributed by atoms with Crippen molar-refractivity contribution in [3.8, 4) is 16.2 Å². The Morgan fingerprint density at radius 3 is 2.79 bits per heavy atom. The normalized spacial score (nSPS) is 14.5. The predicted octanol–water partition coefficient (Wildman–Crippen LogP) is 3.20. The van der Waals surface area contributed by atoms with E-state index >= 15 is 0 Å². The Morgan fingerprint density at radius 2 is 2.08 bits per heavy atom. The Kier molecular flexibility index (Phi) is 3.47. The van der Waals surface area contributed by atoms with Crippen LogP contribution in [0.4, 0.5) is 0 Å². The van der Waals surface area contributed by atoms with Crippen molar-refractivity contribution in [3.05, 3.63) is 46.1 Å². The summed E-state index contributed by atoms with van der Waals surface area (Å²) in [5.74, 6) is 0.755. The number of nitrogens with zero attached hydrogens (tertiary/aromatic N) is 1. The van der Waals surface area contributed by atoms with Crippen LogP contribution in [0.25, 0.3) is 20.5 Å². The van der Waals surface area contributed by atoms with Crippen LogP contribution >= 0.6 is 11.3 Å². The van der Waals surface area contributed by atoms with E-state index in [1.165, 1.54) is 11.3 Å². The second kappa shape index (κ2) is 5.43. The van der Waals surface area contributed by atoms with Crippen molar-refractivity contribution < 1.29 is 9.84 Å². The number of pyridine rings is 2. The van der Waals surface area contributed by atoms with Gasteiger partial charge in [0.1, 0.15) is 10.4 Å². The van der Waals surface area contributed by atoms with Crippen LogP contribution in [-0.2, 0) is 12.0 Å². The maximum atomic E-state index is 12.6. The van der Waals surface area contributed by atoms with E-state index in [4.69, 9.17) is 4.74 Å². The van der Waals surface area contributed by atoms with Crippen LogP contribution in [0.15, 0.2) is 29.3 Å². The molecule has 0 saturated heterocycles. The summed E-state index contributed by atoms with van der Waals surface area (Å²) in [4.78, 5) is 20.5. The third kappa shape index (κ3) is 2.34. The van der Waals surface area contributed by atoms with Gasteiger partial charge in [-0.15, -0.1) is 11.3 Å². The zero-order chi connectivity index (χ0) is 16.9. The fourth-order valence-corrected chi connectivity index (χ4v) is 4.42. The predicted molar refractivity (Wildman–Crippen MR) is 94.7 cm³/mol. The van der Waals surface area contributed by atoms with Crippen molar-refractivity contribution in [2.75, 3.05) is 6.61 Å². The molecule has 0 radical (unpaired) electrons. The number of H-pyrrole nitrogens is 1. The summed E-state index contributed by atoms with van der Waals surface area (Å²) in [6.45, 7) is 3.99. The first-order valence-corrected chi connectivity index (χ1v) is 8.76. The second-order valence-electron chi connectivity index (χ2n) is 6.52. The van der Waals surface area contributed by atoms with E-state index in [-0.39, 0.29) is 5.56 Å². The van der Waals surface area contributed by atoms with Crippen LogP contribution in [0.1, 0.15) is 31.5 Å². The molecule has 4 heterocycles. The Labute approximate surface area is 143 Å². The molecule has 0 saturated carbocycles. The van der Waals surface area contributed by atoms with Gasteiger partial charge < -0.3 is 14.8 Å². The van der Waals surface area contributed by atoms with Crippen molar-refractivity contribution in [3.63, 3.8) is 0 Å². The van der Waals surface area contributed by atoms with Gasteiger partial charge in [-0.1, -0.05) is 0 Å². The molecule has 5 nitrogen and oxygen atoms in total. The minimum absolute atomic E-state index is 0.178. The zero-order valence-electron chi connectivity index (χ0n) is 13.5. The van der Waals surface area contributed by atoms with Gasteiger partial charge >= 0.3 is 0 Å². The highest BCUT2D eigenvalue weighted by molar-refractivity contribution is 7.22. The minimum atomic E-state index is -1.11. The molecule has 6 heteroatoms. The number of aromatic amines is 1. The van der Waals surface area contributed by atoms with Gasteiger partial charge in [-0.05, 0) is 49.9 Å². The molecule has 0 aromatic carbocycles. The highest BCUT2D eigenvalue weighted by Crippen LogP contribution is 2.47. The fraction of sp³-hybridized carbons (Fsp3) is 0.333. The number of ether oxygens (including phenoxy) is 1. The SMILES string of the molecule is CC(C)(O)c1[nH]c(=O)c2sc(-c3ccncc3)c3c2c1CCCO3. The van der Waals surface area contributed by atoms with Crippen LogP contribution in [0.2, 0.25) is 0 Å². The number of nitrogens with one attached hydrogen (secondary N) is 1.